The Bertz CT molecular complexity index is 1190. The number of carbonyl (C=O) groups excluding carboxylic acids is 2. The highest BCUT2D eigenvalue weighted by Crippen LogP contribution is 2.30. The monoisotopic (exact) mass is 511 g/mol. The molecule has 3 rings (SSSR count). The van der Waals surface area contributed by atoms with Gasteiger partial charge in [0.15, 0.2) is 0 Å². The van der Waals surface area contributed by atoms with Crippen LogP contribution in [0.25, 0.3) is 0 Å². The maximum Gasteiger partial charge on any atom is 0.247 e. The van der Waals surface area contributed by atoms with Crippen LogP contribution in [0.3, 0.4) is 0 Å². The Morgan fingerprint density at radius 3 is 2.61 bits per heavy atom. The van der Waals surface area contributed by atoms with E-state index in [4.69, 9.17) is 26.3 Å². The van der Waals surface area contributed by atoms with Crippen LogP contribution in [-0.4, -0.2) is 33.6 Å². The van der Waals surface area contributed by atoms with Gasteiger partial charge in [0.05, 0.1) is 12.8 Å². The number of nitrogens with zero attached hydrogens (tertiary/aromatic N) is 2. The molecule has 0 spiro atoms. The van der Waals surface area contributed by atoms with Crippen LogP contribution in [0, 0.1) is 0 Å². The standard InChI is InChI=1S/C25H26ClN5O5/c1-2-22(32)28-18-7-6-8-20(15-18)36-24-21(26)16-27-25(30-24)29-17-10-12-19(13-11-17)35-14-5-3-4-9-23(33)31-34/h2,6-8,10-13,15-16,34H,1,3-5,9,14H2,(H,28,32)(H,31,33)(H,27,29,30). The Morgan fingerprint density at radius 2 is 1.86 bits per heavy atom. The summed E-state index contributed by atoms with van der Waals surface area (Å²) in [6, 6.07) is 14.1. The van der Waals surface area contributed by atoms with Crippen LogP contribution in [0.15, 0.2) is 67.4 Å². The van der Waals surface area contributed by atoms with Gasteiger partial charge in [0.2, 0.25) is 23.6 Å². The van der Waals surface area contributed by atoms with E-state index in [0.717, 1.165) is 18.5 Å². The first-order chi connectivity index (χ1) is 17.5. The number of ether oxygens (including phenoxy) is 2. The smallest absolute Gasteiger partial charge is 0.247 e. The van der Waals surface area contributed by atoms with E-state index in [1.54, 1.807) is 29.7 Å². The summed E-state index contributed by atoms with van der Waals surface area (Å²) in [5.74, 6) is 0.856. The minimum absolute atomic E-state index is 0.151. The molecular formula is C25H26ClN5O5. The molecule has 10 nitrogen and oxygen atoms in total. The molecule has 11 heteroatoms. The number of hydroxylamine groups is 1. The van der Waals surface area contributed by atoms with E-state index in [-0.39, 0.29) is 35.1 Å². The van der Waals surface area contributed by atoms with E-state index >= 15 is 0 Å². The number of anilines is 3. The van der Waals surface area contributed by atoms with Gasteiger partial charge in [-0.3, -0.25) is 14.8 Å². The highest BCUT2D eigenvalue weighted by molar-refractivity contribution is 6.31. The Kier molecular flexibility index (Phi) is 10.0. The quantitative estimate of drug-likeness (QED) is 0.106. The Balaban J connectivity index is 1.53. The van der Waals surface area contributed by atoms with Gasteiger partial charge in [-0.2, -0.15) is 4.98 Å². The molecule has 0 fully saturated rings. The first-order valence-corrected chi connectivity index (χ1v) is 11.5. The normalized spacial score (nSPS) is 10.3. The summed E-state index contributed by atoms with van der Waals surface area (Å²) in [5, 5.41) is 14.4. The number of carbonyl (C=O) groups is 2. The van der Waals surface area contributed by atoms with Crippen molar-refractivity contribution >= 4 is 40.7 Å². The lowest BCUT2D eigenvalue weighted by Gasteiger charge is -2.11. The van der Waals surface area contributed by atoms with Crippen molar-refractivity contribution in [2.45, 2.75) is 25.7 Å². The Morgan fingerprint density at radius 1 is 1.06 bits per heavy atom. The molecule has 2 aromatic carbocycles. The third-order valence-electron chi connectivity index (χ3n) is 4.77. The van der Waals surface area contributed by atoms with Crippen molar-refractivity contribution in [2.75, 3.05) is 17.2 Å². The average molecular weight is 512 g/mol. The Hall–Kier alpha value is -4.15. The molecule has 0 saturated carbocycles. The van der Waals surface area contributed by atoms with Crippen molar-refractivity contribution in [1.82, 2.24) is 15.4 Å². The van der Waals surface area contributed by atoms with Crippen molar-refractivity contribution in [3.63, 3.8) is 0 Å². The largest absolute Gasteiger partial charge is 0.494 e. The number of aromatic nitrogens is 2. The van der Waals surface area contributed by atoms with Gasteiger partial charge in [0.1, 0.15) is 16.5 Å². The van der Waals surface area contributed by atoms with Crippen LogP contribution in [0.1, 0.15) is 25.7 Å². The number of hydrogen-bond acceptors (Lipinski definition) is 8. The van der Waals surface area contributed by atoms with Crippen molar-refractivity contribution in [2.24, 2.45) is 0 Å². The summed E-state index contributed by atoms with van der Waals surface area (Å²) in [6.07, 6.45) is 5.19. The van der Waals surface area contributed by atoms with E-state index < -0.39 is 0 Å². The van der Waals surface area contributed by atoms with Crippen molar-refractivity contribution in [1.29, 1.82) is 0 Å². The fourth-order valence-corrected chi connectivity index (χ4v) is 3.13. The fraction of sp³-hybridized carbons (Fsp3) is 0.200. The molecule has 0 atom stereocenters. The lowest BCUT2D eigenvalue weighted by atomic mass is 10.2. The maximum atomic E-state index is 11.5. The second-order valence-corrected chi connectivity index (χ2v) is 7.92. The zero-order valence-electron chi connectivity index (χ0n) is 19.4. The summed E-state index contributed by atoms with van der Waals surface area (Å²) in [7, 11) is 0. The highest BCUT2D eigenvalue weighted by atomic mass is 35.5. The summed E-state index contributed by atoms with van der Waals surface area (Å²) < 4.78 is 11.5. The summed E-state index contributed by atoms with van der Waals surface area (Å²) in [4.78, 5) is 31.0. The van der Waals surface area contributed by atoms with Crippen LogP contribution in [0.5, 0.6) is 17.4 Å². The van der Waals surface area contributed by atoms with Crippen LogP contribution in [0.4, 0.5) is 17.3 Å². The SMILES string of the molecule is C=CC(=O)Nc1cccc(Oc2nc(Nc3ccc(OCCCCCC(=O)NO)cc3)ncc2Cl)c1. The second kappa shape index (κ2) is 13.7. The number of nitrogens with one attached hydrogen (secondary N) is 3. The molecule has 0 saturated heterocycles. The molecule has 0 aliphatic carbocycles. The topological polar surface area (TPSA) is 135 Å². The first-order valence-electron chi connectivity index (χ1n) is 11.1. The van der Waals surface area contributed by atoms with Gasteiger partial charge < -0.3 is 20.1 Å². The van der Waals surface area contributed by atoms with Gasteiger partial charge in [-0.05, 0) is 61.7 Å². The van der Waals surface area contributed by atoms with Crippen LogP contribution >= 0.6 is 11.6 Å². The van der Waals surface area contributed by atoms with Gasteiger partial charge >= 0.3 is 0 Å². The zero-order chi connectivity index (χ0) is 25.8. The lowest BCUT2D eigenvalue weighted by molar-refractivity contribution is -0.129. The van der Waals surface area contributed by atoms with Gasteiger partial charge in [0, 0.05) is 23.9 Å². The van der Waals surface area contributed by atoms with Crippen LogP contribution in [0.2, 0.25) is 5.02 Å². The number of rotatable bonds is 13. The van der Waals surface area contributed by atoms with Gasteiger partial charge in [-0.15, -0.1) is 0 Å². The number of hydrogen-bond donors (Lipinski definition) is 4. The van der Waals surface area contributed by atoms with Gasteiger partial charge in [0.25, 0.3) is 0 Å². The number of amides is 2. The van der Waals surface area contributed by atoms with E-state index in [1.165, 1.54) is 12.3 Å². The van der Waals surface area contributed by atoms with E-state index in [1.807, 2.05) is 24.3 Å². The third kappa shape index (κ3) is 8.57. The molecule has 2 amide bonds. The molecule has 0 aliphatic rings. The molecule has 1 heterocycles. The van der Waals surface area contributed by atoms with Gasteiger partial charge in [-0.25, -0.2) is 10.5 Å². The minimum atomic E-state index is -0.384. The molecule has 36 heavy (non-hydrogen) atoms. The minimum Gasteiger partial charge on any atom is -0.494 e. The third-order valence-corrected chi connectivity index (χ3v) is 5.02. The summed E-state index contributed by atoms with van der Waals surface area (Å²) in [6.45, 7) is 3.95. The summed E-state index contributed by atoms with van der Waals surface area (Å²) >= 11 is 6.21. The lowest BCUT2D eigenvalue weighted by Crippen LogP contribution is -2.17. The summed E-state index contributed by atoms with van der Waals surface area (Å²) in [5.41, 5.74) is 2.89. The van der Waals surface area contributed by atoms with E-state index in [9.17, 15) is 9.59 Å². The van der Waals surface area contributed by atoms with Crippen molar-refractivity contribution in [3.05, 3.63) is 72.4 Å². The number of benzene rings is 2. The molecule has 3 aromatic rings. The molecule has 0 bridgehead atoms. The first kappa shape index (κ1) is 26.5. The fourth-order valence-electron chi connectivity index (χ4n) is 3.00. The molecule has 0 aliphatic heterocycles. The predicted octanol–water partition coefficient (Wildman–Crippen LogP) is 5.24. The second-order valence-electron chi connectivity index (χ2n) is 7.51. The zero-order valence-corrected chi connectivity index (χ0v) is 20.1. The van der Waals surface area contributed by atoms with Crippen LogP contribution in [-0.2, 0) is 9.59 Å². The molecule has 4 N–H and O–H groups in total. The Labute approximate surface area is 213 Å². The average Bonchev–Trinajstić information content (AvgIpc) is 2.89. The predicted molar refractivity (Wildman–Crippen MR) is 136 cm³/mol. The molecule has 0 radical (unpaired) electrons. The van der Waals surface area contributed by atoms with E-state index in [0.29, 0.717) is 30.2 Å². The molecular weight excluding hydrogens is 486 g/mol. The maximum absolute atomic E-state index is 11.5. The number of unbranched alkanes of at least 4 members (excludes halogenated alkanes) is 2. The van der Waals surface area contributed by atoms with Crippen molar-refractivity contribution in [3.8, 4) is 17.4 Å². The molecule has 1 aromatic heterocycles. The highest BCUT2D eigenvalue weighted by Gasteiger charge is 2.10. The molecule has 0 unspecified atom stereocenters. The van der Waals surface area contributed by atoms with Gasteiger partial charge in [-0.1, -0.05) is 24.2 Å². The van der Waals surface area contributed by atoms with Crippen LogP contribution < -0.4 is 25.6 Å². The van der Waals surface area contributed by atoms with Crippen molar-refractivity contribution < 1.29 is 24.3 Å². The van der Waals surface area contributed by atoms with E-state index in [2.05, 4.69) is 27.2 Å². The molecule has 188 valence electrons. The number of halogens is 1.